The predicted molar refractivity (Wildman–Crippen MR) is 134 cm³/mol. The van der Waals surface area contributed by atoms with Crippen molar-refractivity contribution in [2.75, 3.05) is 31.5 Å². The third-order valence-electron chi connectivity index (χ3n) is 6.56. The number of anilines is 1. The van der Waals surface area contributed by atoms with Gasteiger partial charge in [-0.1, -0.05) is 18.6 Å². The van der Waals surface area contributed by atoms with E-state index < -0.39 is 5.60 Å². The number of nitrogens with zero attached hydrogens (tertiary/aromatic N) is 3. The van der Waals surface area contributed by atoms with Gasteiger partial charge in [-0.25, -0.2) is 4.79 Å². The lowest BCUT2D eigenvalue weighted by atomic mass is 10.0. The third-order valence-corrected chi connectivity index (χ3v) is 6.56. The van der Waals surface area contributed by atoms with Gasteiger partial charge in [-0.15, -0.1) is 0 Å². The van der Waals surface area contributed by atoms with Crippen molar-refractivity contribution in [2.24, 2.45) is 0 Å². The fourth-order valence-electron chi connectivity index (χ4n) is 4.88. The second-order valence-electron chi connectivity index (χ2n) is 10.5. The number of likely N-dealkylation sites (tertiary alicyclic amines) is 2. The zero-order valence-electron chi connectivity index (χ0n) is 20.8. The number of amides is 2. The van der Waals surface area contributed by atoms with Crippen molar-refractivity contribution < 1.29 is 14.3 Å². The van der Waals surface area contributed by atoms with Gasteiger partial charge in [0, 0.05) is 37.6 Å². The largest absolute Gasteiger partial charge is 0.444 e. The Morgan fingerprint density at radius 1 is 1.00 bits per heavy atom. The van der Waals surface area contributed by atoms with Gasteiger partial charge in [0.1, 0.15) is 11.3 Å². The molecule has 1 aromatic carbocycles. The Morgan fingerprint density at radius 2 is 1.74 bits per heavy atom. The molecule has 184 valence electrons. The molecular weight excluding hydrogens is 428 g/mol. The first kappa shape index (κ1) is 24.3. The summed E-state index contributed by atoms with van der Waals surface area (Å²) in [5.41, 5.74) is 2.21. The Bertz CT molecular complexity index is 980. The summed E-state index contributed by atoms with van der Waals surface area (Å²) in [6, 6.07) is 12.1. The molecule has 2 aliphatic rings. The number of carbonyl (C=O) groups excluding carboxylic acids is 2. The molecule has 0 spiro atoms. The second kappa shape index (κ2) is 10.6. The molecule has 0 bridgehead atoms. The van der Waals surface area contributed by atoms with Crippen molar-refractivity contribution in [1.29, 1.82) is 0 Å². The highest BCUT2D eigenvalue weighted by molar-refractivity contribution is 6.03. The maximum absolute atomic E-state index is 13.1. The van der Waals surface area contributed by atoms with Gasteiger partial charge in [0.15, 0.2) is 0 Å². The Balaban J connectivity index is 1.35. The van der Waals surface area contributed by atoms with Crippen LogP contribution in [0, 0.1) is 0 Å². The number of piperidine rings is 2. The summed E-state index contributed by atoms with van der Waals surface area (Å²) < 4.78 is 7.56. The van der Waals surface area contributed by atoms with Crippen LogP contribution in [-0.4, -0.2) is 58.1 Å². The van der Waals surface area contributed by atoms with Crippen LogP contribution in [0.3, 0.4) is 0 Å². The highest BCUT2D eigenvalue weighted by Gasteiger charge is 2.28. The summed E-state index contributed by atoms with van der Waals surface area (Å²) in [7, 11) is 0. The molecule has 3 heterocycles. The molecule has 2 aromatic rings. The maximum atomic E-state index is 13.1. The Labute approximate surface area is 203 Å². The van der Waals surface area contributed by atoms with E-state index in [2.05, 4.69) is 26.9 Å². The average Bonchev–Trinajstić information content (AvgIpc) is 3.29. The molecule has 1 aromatic heterocycles. The van der Waals surface area contributed by atoms with E-state index >= 15 is 0 Å². The van der Waals surface area contributed by atoms with Crippen LogP contribution in [0.2, 0.25) is 0 Å². The topological polar surface area (TPSA) is 66.8 Å². The highest BCUT2D eigenvalue weighted by atomic mass is 16.6. The maximum Gasteiger partial charge on any atom is 0.410 e. The molecule has 2 saturated heterocycles. The van der Waals surface area contributed by atoms with Gasteiger partial charge < -0.3 is 19.5 Å². The fourth-order valence-corrected chi connectivity index (χ4v) is 4.88. The zero-order valence-corrected chi connectivity index (χ0v) is 20.8. The van der Waals surface area contributed by atoms with E-state index in [0.29, 0.717) is 18.8 Å². The number of ether oxygens (including phenoxy) is 1. The molecule has 34 heavy (non-hydrogen) atoms. The molecule has 1 N–H and O–H groups in total. The van der Waals surface area contributed by atoms with Crippen molar-refractivity contribution >= 4 is 17.7 Å². The van der Waals surface area contributed by atoms with E-state index in [1.165, 1.54) is 24.8 Å². The zero-order chi connectivity index (χ0) is 24.1. The number of aromatic nitrogens is 1. The Kier molecular flexibility index (Phi) is 7.61. The lowest BCUT2D eigenvalue weighted by molar-refractivity contribution is 0.0187. The van der Waals surface area contributed by atoms with Crippen LogP contribution in [0.25, 0.3) is 0 Å². The summed E-state index contributed by atoms with van der Waals surface area (Å²) >= 11 is 0. The van der Waals surface area contributed by atoms with Gasteiger partial charge in [0.2, 0.25) is 0 Å². The number of benzene rings is 1. The Hall–Kier alpha value is -2.80. The number of hydrogen-bond donors (Lipinski definition) is 1. The fraction of sp³-hybridized carbons (Fsp3) is 0.556. The smallest absolute Gasteiger partial charge is 0.410 e. The van der Waals surface area contributed by atoms with E-state index in [9.17, 15) is 9.59 Å². The SMILES string of the molecule is CC(C)(C)OC(=O)N1CCC(n2cccc2C(=O)Nc2cccc(CN3CCCCC3)c2)CC1. The molecule has 2 amide bonds. The number of carbonyl (C=O) groups is 2. The first-order valence-electron chi connectivity index (χ1n) is 12.6. The average molecular weight is 467 g/mol. The minimum Gasteiger partial charge on any atom is -0.444 e. The minimum atomic E-state index is -0.495. The molecule has 0 aliphatic carbocycles. The van der Waals surface area contributed by atoms with Crippen LogP contribution in [-0.2, 0) is 11.3 Å². The monoisotopic (exact) mass is 466 g/mol. The molecule has 0 saturated carbocycles. The van der Waals surface area contributed by atoms with Gasteiger partial charge in [-0.2, -0.15) is 0 Å². The van der Waals surface area contributed by atoms with Crippen molar-refractivity contribution in [3.63, 3.8) is 0 Å². The number of rotatable bonds is 5. The van der Waals surface area contributed by atoms with E-state index in [0.717, 1.165) is 38.2 Å². The van der Waals surface area contributed by atoms with Crippen LogP contribution in [0.5, 0.6) is 0 Å². The summed E-state index contributed by atoms with van der Waals surface area (Å²) in [6.07, 6.45) is 7.15. The summed E-state index contributed by atoms with van der Waals surface area (Å²) in [5, 5.41) is 3.09. The molecule has 2 aliphatic heterocycles. The van der Waals surface area contributed by atoms with Crippen LogP contribution >= 0.6 is 0 Å². The first-order valence-corrected chi connectivity index (χ1v) is 12.6. The van der Waals surface area contributed by atoms with Crippen molar-refractivity contribution in [1.82, 2.24) is 14.4 Å². The molecule has 0 unspecified atom stereocenters. The van der Waals surface area contributed by atoms with Crippen molar-refractivity contribution in [3.05, 3.63) is 53.9 Å². The van der Waals surface area contributed by atoms with Gasteiger partial charge in [0.25, 0.3) is 5.91 Å². The molecule has 0 atom stereocenters. The Morgan fingerprint density at radius 3 is 2.44 bits per heavy atom. The molecule has 0 radical (unpaired) electrons. The lowest BCUT2D eigenvalue weighted by Crippen LogP contribution is -2.42. The van der Waals surface area contributed by atoms with E-state index in [1.54, 1.807) is 4.90 Å². The molecule has 4 rings (SSSR count). The van der Waals surface area contributed by atoms with E-state index in [1.807, 2.05) is 51.2 Å². The van der Waals surface area contributed by atoms with Gasteiger partial charge in [-0.05, 0) is 89.4 Å². The predicted octanol–water partition coefficient (Wildman–Crippen LogP) is 5.30. The molecular formula is C27H38N4O3. The summed E-state index contributed by atoms with van der Waals surface area (Å²) in [5.74, 6) is -0.102. The third kappa shape index (κ3) is 6.41. The van der Waals surface area contributed by atoms with Crippen LogP contribution in [0.15, 0.2) is 42.6 Å². The standard InChI is InChI=1S/C27H38N4O3/c1-27(2,3)34-26(33)30-17-12-23(13-18-30)31-16-8-11-24(31)25(32)28-22-10-7-9-21(19-22)20-29-14-5-4-6-15-29/h7-11,16,19,23H,4-6,12-15,17-18,20H2,1-3H3,(H,28,32). The normalized spacial score (nSPS) is 18.0. The first-order chi connectivity index (χ1) is 16.3. The van der Waals surface area contributed by atoms with Gasteiger partial charge in [0.05, 0.1) is 0 Å². The van der Waals surface area contributed by atoms with E-state index in [4.69, 9.17) is 4.74 Å². The minimum absolute atomic E-state index is 0.102. The molecule has 7 nitrogen and oxygen atoms in total. The van der Waals surface area contributed by atoms with Crippen molar-refractivity contribution in [2.45, 2.75) is 71.1 Å². The second-order valence-corrected chi connectivity index (χ2v) is 10.5. The lowest BCUT2D eigenvalue weighted by Gasteiger charge is -2.34. The van der Waals surface area contributed by atoms with Crippen molar-refractivity contribution in [3.8, 4) is 0 Å². The summed E-state index contributed by atoms with van der Waals surface area (Å²) in [6.45, 7) is 10.1. The van der Waals surface area contributed by atoms with Crippen LogP contribution in [0.4, 0.5) is 10.5 Å². The quantitative estimate of drug-likeness (QED) is 0.649. The highest BCUT2D eigenvalue weighted by Crippen LogP contribution is 2.26. The molecule has 2 fully saturated rings. The van der Waals surface area contributed by atoms with Crippen LogP contribution < -0.4 is 5.32 Å². The van der Waals surface area contributed by atoms with Gasteiger partial charge >= 0.3 is 6.09 Å². The van der Waals surface area contributed by atoms with E-state index in [-0.39, 0.29) is 18.0 Å². The number of hydrogen-bond acceptors (Lipinski definition) is 4. The number of nitrogens with one attached hydrogen (secondary N) is 1. The molecule has 7 heteroatoms. The summed E-state index contributed by atoms with van der Waals surface area (Å²) in [4.78, 5) is 29.8. The van der Waals surface area contributed by atoms with Crippen LogP contribution in [0.1, 0.15) is 75.0 Å². The van der Waals surface area contributed by atoms with Gasteiger partial charge in [-0.3, -0.25) is 9.69 Å².